The van der Waals surface area contributed by atoms with Crippen LogP contribution >= 0.6 is 0 Å². The predicted molar refractivity (Wildman–Crippen MR) is 79.6 cm³/mol. The van der Waals surface area contributed by atoms with Gasteiger partial charge in [0.05, 0.1) is 0 Å². The van der Waals surface area contributed by atoms with Crippen LogP contribution in [0.15, 0.2) is 18.2 Å². The summed E-state index contributed by atoms with van der Waals surface area (Å²) in [5, 5.41) is 3.42. The largest absolute Gasteiger partial charge is 0.316 e. The number of aryl methyl sites for hydroxylation is 1. The summed E-state index contributed by atoms with van der Waals surface area (Å²) in [4.78, 5) is 12.9. The van der Waals surface area contributed by atoms with Crippen molar-refractivity contribution in [1.82, 2.24) is 5.32 Å². The fourth-order valence-electron chi connectivity index (χ4n) is 3.00. The quantitative estimate of drug-likeness (QED) is 0.842. The van der Waals surface area contributed by atoms with Crippen LogP contribution in [0, 0.1) is 25.2 Å². The van der Waals surface area contributed by atoms with Crippen LogP contribution in [0.5, 0.6) is 0 Å². The summed E-state index contributed by atoms with van der Waals surface area (Å²) >= 11 is 0. The summed E-state index contributed by atoms with van der Waals surface area (Å²) in [5.41, 5.74) is 2.94. The zero-order valence-electron chi connectivity index (χ0n) is 12.5. The molecule has 1 atom stereocenters. The molecule has 2 heteroatoms. The number of hydrogen-bond donors (Lipinski definition) is 1. The van der Waals surface area contributed by atoms with E-state index in [0.29, 0.717) is 11.7 Å². The fourth-order valence-corrected chi connectivity index (χ4v) is 3.00. The molecular weight excluding hydrogens is 234 g/mol. The zero-order chi connectivity index (χ0) is 14.0. The first-order valence-corrected chi connectivity index (χ1v) is 7.26. The highest BCUT2D eigenvalue weighted by atomic mass is 16.1. The minimum absolute atomic E-state index is 0.286. The molecular formula is C17H25NO. The molecule has 0 aromatic heterocycles. The molecule has 1 aromatic carbocycles. The lowest BCUT2D eigenvalue weighted by atomic mass is 9.70. The van der Waals surface area contributed by atoms with E-state index in [1.807, 2.05) is 12.1 Å². The van der Waals surface area contributed by atoms with Crippen molar-refractivity contribution >= 4 is 5.78 Å². The highest BCUT2D eigenvalue weighted by molar-refractivity contribution is 6.01. The van der Waals surface area contributed by atoms with E-state index in [1.54, 1.807) is 0 Å². The minimum atomic E-state index is -0.286. The standard InChI is InChI=1S/C17H25NO/c1-12-7-5-9-15(13(12)2)16(19)17(3,4)14-8-6-10-18-11-14/h5,7,9,14,18H,6,8,10-11H2,1-4H3. The summed E-state index contributed by atoms with van der Waals surface area (Å²) in [5.74, 6) is 0.732. The average molecular weight is 259 g/mol. The molecule has 2 rings (SSSR count). The number of hydrogen-bond acceptors (Lipinski definition) is 2. The summed E-state index contributed by atoms with van der Waals surface area (Å²) in [6.07, 6.45) is 2.32. The first-order chi connectivity index (χ1) is 8.94. The van der Waals surface area contributed by atoms with Gasteiger partial charge in [0.15, 0.2) is 5.78 Å². The predicted octanol–water partition coefficient (Wildman–Crippen LogP) is 3.51. The van der Waals surface area contributed by atoms with Gasteiger partial charge in [0.1, 0.15) is 0 Å². The van der Waals surface area contributed by atoms with Crippen molar-refractivity contribution in [3.63, 3.8) is 0 Å². The molecule has 0 radical (unpaired) electrons. The van der Waals surface area contributed by atoms with Crippen molar-refractivity contribution in [2.24, 2.45) is 11.3 Å². The first-order valence-electron chi connectivity index (χ1n) is 7.26. The SMILES string of the molecule is Cc1cccc(C(=O)C(C)(C)C2CCCNC2)c1C. The summed E-state index contributed by atoms with van der Waals surface area (Å²) in [6.45, 7) is 10.4. The molecule has 1 fully saturated rings. The van der Waals surface area contributed by atoms with E-state index in [0.717, 1.165) is 30.6 Å². The molecule has 1 aromatic rings. The second-order valence-corrected chi connectivity index (χ2v) is 6.34. The van der Waals surface area contributed by atoms with E-state index < -0.39 is 0 Å². The molecule has 1 saturated heterocycles. The Labute approximate surface area is 116 Å². The van der Waals surface area contributed by atoms with E-state index in [9.17, 15) is 4.79 Å². The highest BCUT2D eigenvalue weighted by Gasteiger charge is 2.38. The lowest BCUT2D eigenvalue weighted by Crippen LogP contribution is -2.42. The van der Waals surface area contributed by atoms with Crippen LogP contribution in [-0.4, -0.2) is 18.9 Å². The number of Topliss-reactive ketones (excluding diaryl/α,β-unsaturated/α-hetero) is 1. The number of benzene rings is 1. The molecule has 0 saturated carbocycles. The Hall–Kier alpha value is -1.15. The molecule has 1 aliphatic heterocycles. The Morgan fingerprint density at radius 1 is 1.32 bits per heavy atom. The van der Waals surface area contributed by atoms with Gasteiger partial charge in [0.25, 0.3) is 0 Å². The summed E-state index contributed by atoms with van der Waals surface area (Å²) in [7, 11) is 0. The second kappa shape index (κ2) is 5.46. The van der Waals surface area contributed by atoms with Crippen LogP contribution in [-0.2, 0) is 0 Å². The Morgan fingerprint density at radius 3 is 2.68 bits per heavy atom. The van der Waals surface area contributed by atoms with Gasteiger partial charge in [-0.3, -0.25) is 4.79 Å². The van der Waals surface area contributed by atoms with E-state index in [-0.39, 0.29) is 5.41 Å². The van der Waals surface area contributed by atoms with Gasteiger partial charge in [-0.2, -0.15) is 0 Å². The average Bonchev–Trinajstić information content (AvgIpc) is 2.42. The normalized spacial score (nSPS) is 20.3. The zero-order valence-corrected chi connectivity index (χ0v) is 12.5. The molecule has 1 N–H and O–H groups in total. The minimum Gasteiger partial charge on any atom is -0.316 e. The topological polar surface area (TPSA) is 29.1 Å². The number of nitrogens with one attached hydrogen (secondary N) is 1. The van der Waals surface area contributed by atoms with Gasteiger partial charge in [-0.1, -0.05) is 32.0 Å². The van der Waals surface area contributed by atoms with Gasteiger partial charge in [0, 0.05) is 11.0 Å². The molecule has 0 bridgehead atoms. The molecule has 1 heterocycles. The Bertz CT molecular complexity index is 470. The number of rotatable bonds is 3. The lowest BCUT2D eigenvalue weighted by Gasteiger charge is -2.36. The van der Waals surface area contributed by atoms with Crippen LogP contribution < -0.4 is 5.32 Å². The smallest absolute Gasteiger partial charge is 0.169 e. The number of piperidine rings is 1. The number of ketones is 1. The van der Waals surface area contributed by atoms with E-state index in [1.165, 1.54) is 12.0 Å². The van der Waals surface area contributed by atoms with Gasteiger partial charge >= 0.3 is 0 Å². The van der Waals surface area contributed by atoms with E-state index in [4.69, 9.17) is 0 Å². The second-order valence-electron chi connectivity index (χ2n) is 6.34. The monoisotopic (exact) mass is 259 g/mol. The lowest BCUT2D eigenvalue weighted by molar-refractivity contribution is 0.0707. The van der Waals surface area contributed by atoms with Gasteiger partial charge < -0.3 is 5.32 Å². The molecule has 0 amide bonds. The first kappa shape index (κ1) is 14.3. The maximum Gasteiger partial charge on any atom is 0.169 e. The van der Waals surface area contributed by atoms with E-state index >= 15 is 0 Å². The maximum absolute atomic E-state index is 12.9. The van der Waals surface area contributed by atoms with Crippen LogP contribution in [0.3, 0.4) is 0 Å². The van der Waals surface area contributed by atoms with Crippen LogP contribution in [0.4, 0.5) is 0 Å². The summed E-state index contributed by atoms with van der Waals surface area (Å²) < 4.78 is 0. The third kappa shape index (κ3) is 2.74. The van der Waals surface area contributed by atoms with Crippen molar-refractivity contribution in [3.8, 4) is 0 Å². The van der Waals surface area contributed by atoms with Crippen molar-refractivity contribution in [2.75, 3.05) is 13.1 Å². The molecule has 2 nitrogen and oxygen atoms in total. The van der Waals surface area contributed by atoms with Gasteiger partial charge in [-0.15, -0.1) is 0 Å². The van der Waals surface area contributed by atoms with Crippen molar-refractivity contribution in [2.45, 2.75) is 40.5 Å². The molecule has 19 heavy (non-hydrogen) atoms. The third-order valence-electron chi connectivity index (χ3n) is 4.75. The van der Waals surface area contributed by atoms with Crippen LogP contribution in [0.2, 0.25) is 0 Å². The van der Waals surface area contributed by atoms with Crippen molar-refractivity contribution in [3.05, 3.63) is 34.9 Å². The Morgan fingerprint density at radius 2 is 2.05 bits per heavy atom. The van der Waals surface area contributed by atoms with Crippen molar-refractivity contribution < 1.29 is 4.79 Å². The highest BCUT2D eigenvalue weighted by Crippen LogP contribution is 2.36. The maximum atomic E-state index is 12.9. The van der Waals surface area contributed by atoms with Crippen LogP contribution in [0.1, 0.15) is 48.2 Å². The molecule has 1 unspecified atom stereocenters. The Balaban J connectivity index is 2.29. The summed E-state index contributed by atoms with van der Waals surface area (Å²) in [6, 6.07) is 6.04. The van der Waals surface area contributed by atoms with Crippen LogP contribution in [0.25, 0.3) is 0 Å². The molecule has 1 aliphatic rings. The van der Waals surface area contributed by atoms with E-state index in [2.05, 4.69) is 39.1 Å². The fraction of sp³-hybridized carbons (Fsp3) is 0.588. The van der Waals surface area contributed by atoms with Gasteiger partial charge in [0.2, 0.25) is 0 Å². The molecule has 0 aliphatic carbocycles. The number of carbonyl (C=O) groups is 1. The van der Waals surface area contributed by atoms with Gasteiger partial charge in [-0.25, -0.2) is 0 Å². The van der Waals surface area contributed by atoms with Crippen molar-refractivity contribution in [1.29, 1.82) is 0 Å². The number of carbonyl (C=O) groups excluding carboxylic acids is 1. The molecule has 104 valence electrons. The van der Waals surface area contributed by atoms with Gasteiger partial charge in [-0.05, 0) is 56.8 Å². The molecule has 0 spiro atoms. The Kier molecular flexibility index (Phi) is 4.10. The third-order valence-corrected chi connectivity index (χ3v) is 4.75.